The van der Waals surface area contributed by atoms with Crippen LogP contribution in [0.4, 0.5) is 4.79 Å². The van der Waals surface area contributed by atoms with Crippen LogP contribution in [0.3, 0.4) is 0 Å². The molecule has 22 heavy (non-hydrogen) atoms. The molecule has 1 aliphatic heterocycles. The van der Waals surface area contributed by atoms with Crippen LogP contribution in [0, 0.1) is 0 Å². The smallest absolute Gasteiger partial charge is 0.410 e. The SMILES string of the molecule is CC(C)(C)OC(=O)N1C[C@@H](O[Si](C)(C)C(C)(C)C)C[C@H]1CN. The topological polar surface area (TPSA) is 64.8 Å². The molecule has 0 unspecified atom stereocenters. The summed E-state index contributed by atoms with van der Waals surface area (Å²) in [4.78, 5) is 14.1. The van der Waals surface area contributed by atoms with Crippen molar-refractivity contribution in [2.75, 3.05) is 13.1 Å². The van der Waals surface area contributed by atoms with Crippen molar-refractivity contribution in [3.05, 3.63) is 0 Å². The lowest BCUT2D eigenvalue weighted by Gasteiger charge is -2.38. The summed E-state index contributed by atoms with van der Waals surface area (Å²) in [6, 6.07) is 0.00428. The molecule has 1 fully saturated rings. The van der Waals surface area contributed by atoms with Gasteiger partial charge in [-0.05, 0) is 45.3 Å². The molecule has 1 amide bonds. The molecule has 130 valence electrons. The molecular formula is C16H34N2O3Si. The maximum absolute atomic E-state index is 12.3. The summed E-state index contributed by atoms with van der Waals surface area (Å²) >= 11 is 0. The number of hydrogen-bond acceptors (Lipinski definition) is 4. The maximum Gasteiger partial charge on any atom is 0.410 e. The molecule has 6 heteroatoms. The lowest BCUT2D eigenvalue weighted by molar-refractivity contribution is 0.0216. The number of likely N-dealkylation sites (tertiary alicyclic amines) is 1. The number of rotatable bonds is 3. The third-order valence-corrected chi connectivity index (χ3v) is 9.08. The van der Waals surface area contributed by atoms with E-state index in [9.17, 15) is 4.79 Å². The number of carbonyl (C=O) groups excluding carboxylic acids is 1. The summed E-state index contributed by atoms with van der Waals surface area (Å²) in [6.45, 7) is 17.8. The first-order valence-corrected chi connectivity index (χ1v) is 11.0. The highest BCUT2D eigenvalue weighted by atomic mass is 28.4. The van der Waals surface area contributed by atoms with Crippen molar-refractivity contribution in [3.8, 4) is 0 Å². The summed E-state index contributed by atoms with van der Waals surface area (Å²) in [6.07, 6.45) is 0.564. The summed E-state index contributed by atoms with van der Waals surface area (Å²) in [5.41, 5.74) is 5.35. The monoisotopic (exact) mass is 330 g/mol. The van der Waals surface area contributed by atoms with E-state index < -0.39 is 13.9 Å². The zero-order chi connectivity index (χ0) is 17.3. The van der Waals surface area contributed by atoms with Crippen LogP contribution < -0.4 is 5.73 Å². The van der Waals surface area contributed by atoms with Gasteiger partial charge in [0.25, 0.3) is 0 Å². The minimum absolute atomic E-state index is 0.00428. The Bertz CT molecular complexity index is 399. The third-order valence-electron chi connectivity index (χ3n) is 4.54. The summed E-state index contributed by atoms with van der Waals surface area (Å²) < 4.78 is 11.9. The normalized spacial score (nSPS) is 23.8. The molecule has 0 spiro atoms. The van der Waals surface area contributed by atoms with Gasteiger partial charge in [0.2, 0.25) is 0 Å². The predicted molar refractivity (Wildman–Crippen MR) is 92.5 cm³/mol. The molecule has 0 bridgehead atoms. The average molecular weight is 331 g/mol. The molecule has 1 heterocycles. The van der Waals surface area contributed by atoms with Crippen LogP contribution >= 0.6 is 0 Å². The van der Waals surface area contributed by atoms with Crippen LogP contribution in [0.2, 0.25) is 18.1 Å². The Morgan fingerprint density at radius 1 is 1.23 bits per heavy atom. The van der Waals surface area contributed by atoms with Gasteiger partial charge in [0, 0.05) is 19.1 Å². The zero-order valence-corrected chi connectivity index (χ0v) is 16.5. The lowest BCUT2D eigenvalue weighted by Crippen LogP contribution is -2.45. The number of ether oxygens (including phenoxy) is 1. The van der Waals surface area contributed by atoms with E-state index in [1.165, 1.54) is 0 Å². The Labute approximate surface area is 136 Å². The second-order valence-corrected chi connectivity index (χ2v) is 13.5. The highest BCUT2D eigenvalue weighted by molar-refractivity contribution is 6.74. The van der Waals surface area contributed by atoms with Crippen LogP contribution in [-0.4, -0.2) is 50.1 Å². The van der Waals surface area contributed by atoms with Crippen molar-refractivity contribution in [1.29, 1.82) is 0 Å². The van der Waals surface area contributed by atoms with Gasteiger partial charge in [-0.15, -0.1) is 0 Å². The molecule has 1 rings (SSSR count). The second-order valence-electron chi connectivity index (χ2n) is 8.76. The highest BCUT2D eigenvalue weighted by Crippen LogP contribution is 2.39. The van der Waals surface area contributed by atoms with Gasteiger partial charge >= 0.3 is 6.09 Å². The number of amides is 1. The molecule has 0 aromatic heterocycles. The molecule has 5 nitrogen and oxygen atoms in total. The minimum atomic E-state index is -1.84. The fraction of sp³-hybridized carbons (Fsp3) is 0.938. The zero-order valence-electron chi connectivity index (χ0n) is 15.5. The van der Waals surface area contributed by atoms with Crippen LogP contribution in [0.1, 0.15) is 48.0 Å². The Kier molecular flexibility index (Phi) is 5.74. The molecule has 0 radical (unpaired) electrons. The Hall–Kier alpha value is -0.593. The maximum atomic E-state index is 12.3. The third kappa shape index (κ3) is 4.96. The van der Waals surface area contributed by atoms with Gasteiger partial charge in [0.15, 0.2) is 8.32 Å². The van der Waals surface area contributed by atoms with Gasteiger partial charge < -0.3 is 19.8 Å². The van der Waals surface area contributed by atoms with Crippen molar-refractivity contribution in [2.24, 2.45) is 5.73 Å². The van der Waals surface area contributed by atoms with E-state index in [1.54, 1.807) is 4.90 Å². The van der Waals surface area contributed by atoms with E-state index in [-0.39, 0.29) is 23.3 Å². The van der Waals surface area contributed by atoms with E-state index in [4.69, 9.17) is 14.9 Å². The molecule has 2 atom stereocenters. The fourth-order valence-electron chi connectivity index (χ4n) is 2.32. The molecule has 0 aromatic carbocycles. The lowest BCUT2D eigenvalue weighted by atomic mass is 10.2. The molecule has 2 N–H and O–H groups in total. The quantitative estimate of drug-likeness (QED) is 0.806. The average Bonchev–Trinajstić information content (AvgIpc) is 2.67. The molecule has 0 aromatic rings. The first-order chi connectivity index (χ1) is 9.77. The Balaban J connectivity index is 2.75. The number of nitrogens with two attached hydrogens (primary N) is 1. The van der Waals surface area contributed by atoms with Crippen molar-refractivity contribution in [2.45, 2.75) is 83.8 Å². The summed E-state index contributed by atoms with van der Waals surface area (Å²) in [5.74, 6) is 0. The van der Waals surface area contributed by atoms with E-state index >= 15 is 0 Å². The summed E-state index contributed by atoms with van der Waals surface area (Å²) in [7, 11) is -1.84. The van der Waals surface area contributed by atoms with Gasteiger partial charge in [-0.25, -0.2) is 4.79 Å². The molecule has 1 saturated heterocycles. The van der Waals surface area contributed by atoms with Gasteiger partial charge in [0.1, 0.15) is 5.60 Å². The first kappa shape index (κ1) is 19.5. The van der Waals surface area contributed by atoms with Gasteiger partial charge in [-0.3, -0.25) is 0 Å². The van der Waals surface area contributed by atoms with Crippen molar-refractivity contribution < 1.29 is 14.0 Å². The summed E-state index contributed by atoms with van der Waals surface area (Å²) in [5, 5.41) is 0.157. The number of hydrogen-bond donors (Lipinski definition) is 1. The highest BCUT2D eigenvalue weighted by Gasteiger charge is 2.44. The molecule has 1 aliphatic rings. The van der Waals surface area contributed by atoms with Crippen molar-refractivity contribution in [3.63, 3.8) is 0 Å². The Morgan fingerprint density at radius 2 is 1.77 bits per heavy atom. The second kappa shape index (κ2) is 6.49. The number of carbonyl (C=O) groups is 1. The largest absolute Gasteiger partial charge is 0.444 e. The standard InChI is InChI=1S/C16H34N2O3Si/c1-15(2,3)20-14(19)18-11-13(9-12(18)10-17)21-22(7,8)16(4,5)6/h12-13H,9-11,17H2,1-8H3/t12-,13-/m0/s1. The molecule has 0 aliphatic carbocycles. The van der Waals surface area contributed by atoms with Crippen LogP contribution in [0.5, 0.6) is 0 Å². The van der Waals surface area contributed by atoms with Gasteiger partial charge in [-0.2, -0.15) is 0 Å². The van der Waals surface area contributed by atoms with E-state index in [2.05, 4.69) is 33.9 Å². The van der Waals surface area contributed by atoms with Crippen molar-refractivity contribution in [1.82, 2.24) is 4.90 Å². The fourth-order valence-corrected chi connectivity index (χ4v) is 3.68. The van der Waals surface area contributed by atoms with E-state index in [0.717, 1.165) is 6.42 Å². The number of nitrogens with zero attached hydrogens (tertiary/aromatic N) is 1. The van der Waals surface area contributed by atoms with Crippen molar-refractivity contribution >= 4 is 14.4 Å². The molecule has 0 saturated carbocycles. The van der Waals surface area contributed by atoms with E-state index in [0.29, 0.717) is 13.1 Å². The van der Waals surface area contributed by atoms with Gasteiger partial charge in [0.05, 0.1) is 6.10 Å². The first-order valence-electron chi connectivity index (χ1n) is 8.14. The molecular weight excluding hydrogens is 296 g/mol. The minimum Gasteiger partial charge on any atom is -0.444 e. The van der Waals surface area contributed by atoms with Gasteiger partial charge in [-0.1, -0.05) is 20.8 Å². The Morgan fingerprint density at radius 3 is 2.18 bits per heavy atom. The van der Waals surface area contributed by atoms with E-state index in [1.807, 2.05) is 20.8 Å². The van der Waals surface area contributed by atoms with Crippen LogP contribution in [-0.2, 0) is 9.16 Å². The predicted octanol–water partition coefficient (Wildman–Crippen LogP) is 3.34. The van der Waals surface area contributed by atoms with Crippen LogP contribution in [0.25, 0.3) is 0 Å². The van der Waals surface area contributed by atoms with Crippen LogP contribution in [0.15, 0.2) is 0 Å².